The topological polar surface area (TPSA) is 395 Å². The molecule has 0 aliphatic carbocycles. The number of rotatable bonds is 15. The lowest BCUT2D eigenvalue weighted by Gasteiger charge is -2.29. The van der Waals surface area contributed by atoms with E-state index in [0.29, 0.717) is 11.1 Å². The fourth-order valence-corrected chi connectivity index (χ4v) is 7.18. The second kappa shape index (κ2) is 27.5. The molecule has 70 heavy (non-hydrogen) atoms. The molecule has 0 unspecified atom stereocenters. The van der Waals surface area contributed by atoms with Gasteiger partial charge in [0.2, 0.25) is 47.3 Å². The van der Waals surface area contributed by atoms with Gasteiger partial charge in [-0.3, -0.25) is 48.1 Å². The SMILES string of the molecule is CC(C)C[C@H]1NC(=O)[C@@H](C)NC(=O)[C@H](CCC(=O)O)NC(=O)[C@H](C(C)C)NC(=O)[C@H](CCCN=C(N)N)NC(=O)[C@H](Cc2ccc(O)cc2)NC(=O)[C@H](CO)NC(=O)[C@H](Cc2ccc(O)cc2)NC1=O. The molecule has 2 aromatic rings. The monoisotopic (exact) mass is 981 g/mol. The average molecular weight is 982 g/mol. The van der Waals surface area contributed by atoms with Gasteiger partial charge in [-0.15, -0.1) is 0 Å². The Bertz CT molecular complexity index is 2180. The first kappa shape index (κ1) is 56.8. The van der Waals surface area contributed by atoms with Crippen molar-refractivity contribution in [3.63, 3.8) is 0 Å². The molecule has 0 aromatic heterocycles. The van der Waals surface area contributed by atoms with Crippen LogP contribution in [0.3, 0.4) is 0 Å². The number of carboxylic acid groups (broad SMARTS) is 1. The highest BCUT2D eigenvalue weighted by molar-refractivity contribution is 5.99. The van der Waals surface area contributed by atoms with Gasteiger partial charge in [0.05, 0.1) is 6.61 Å². The first-order valence-corrected chi connectivity index (χ1v) is 22.8. The third-order valence-corrected chi connectivity index (χ3v) is 11.0. The number of hydrogen-bond acceptors (Lipinski definition) is 13. The molecule has 24 heteroatoms. The van der Waals surface area contributed by atoms with Gasteiger partial charge < -0.3 is 74.4 Å². The van der Waals surface area contributed by atoms with E-state index in [1.165, 1.54) is 55.5 Å². The molecule has 2 aromatic carbocycles. The smallest absolute Gasteiger partial charge is 0.303 e. The maximum absolute atomic E-state index is 14.3. The van der Waals surface area contributed by atoms with Crippen molar-refractivity contribution >= 4 is 59.2 Å². The molecule has 0 saturated carbocycles. The minimum Gasteiger partial charge on any atom is -0.508 e. The zero-order valence-corrected chi connectivity index (χ0v) is 39.8. The third-order valence-electron chi connectivity index (χ3n) is 11.0. The molecule has 8 amide bonds. The number of hydrogen-bond donors (Lipinski definition) is 14. The first-order valence-electron chi connectivity index (χ1n) is 22.8. The van der Waals surface area contributed by atoms with Crippen LogP contribution in [0.25, 0.3) is 0 Å². The van der Waals surface area contributed by atoms with E-state index in [1.807, 2.05) is 0 Å². The van der Waals surface area contributed by atoms with Gasteiger partial charge in [-0.1, -0.05) is 52.0 Å². The Hall–Kier alpha value is -7.50. The van der Waals surface area contributed by atoms with Crippen LogP contribution >= 0.6 is 0 Å². The second-order valence-corrected chi connectivity index (χ2v) is 17.8. The number of aliphatic carboxylic acids is 1. The van der Waals surface area contributed by atoms with E-state index >= 15 is 0 Å². The minimum atomic E-state index is -1.74. The number of amides is 8. The van der Waals surface area contributed by atoms with Crippen LogP contribution in [0.1, 0.15) is 77.8 Å². The number of aromatic hydroxyl groups is 2. The standard InChI is InChI=1S/C46H67N11O13/c1-23(2)19-32-41(66)54-34(21-27-10-14-29(60)15-11-27)43(68)56-35(22-58)44(69)55-33(20-26-8-12-28(59)13-9-26)42(67)51-30(7-6-18-49-46(47)48)40(65)57-37(24(3)4)45(70)52-31(16-17-36(61)62)39(64)50-25(5)38(63)53-32/h8-15,23-25,30-35,37,58-60H,6-7,16-22H2,1-5H3,(H,50,64)(H,51,67)(H,52,70)(H,53,63)(H,54,66)(H,55,69)(H,56,68)(H,57,65)(H,61,62)(H4,47,48,49)/t25-,30+,31+,32-,33+,34+,35+,37+/m1/s1. The van der Waals surface area contributed by atoms with Crippen molar-refractivity contribution in [1.82, 2.24) is 42.5 Å². The lowest BCUT2D eigenvalue weighted by atomic mass is 10.00. The predicted molar refractivity (Wildman–Crippen MR) is 253 cm³/mol. The van der Waals surface area contributed by atoms with Crippen LogP contribution in [0.4, 0.5) is 0 Å². The van der Waals surface area contributed by atoms with E-state index in [0.717, 1.165) is 0 Å². The zero-order valence-electron chi connectivity index (χ0n) is 39.8. The fourth-order valence-electron chi connectivity index (χ4n) is 7.18. The Morgan fingerprint density at radius 3 is 1.46 bits per heavy atom. The van der Waals surface area contributed by atoms with Crippen LogP contribution in [0, 0.1) is 11.8 Å². The molecule has 0 radical (unpaired) electrons. The number of carbonyl (C=O) groups is 9. The molecule has 24 nitrogen and oxygen atoms in total. The molecule has 16 N–H and O–H groups in total. The van der Waals surface area contributed by atoms with Crippen LogP contribution < -0.4 is 54.0 Å². The molecule has 1 saturated heterocycles. The van der Waals surface area contributed by atoms with Gasteiger partial charge in [-0.25, -0.2) is 0 Å². The highest BCUT2D eigenvalue weighted by atomic mass is 16.4. The van der Waals surface area contributed by atoms with Crippen molar-refractivity contribution in [3.05, 3.63) is 59.7 Å². The summed E-state index contributed by atoms with van der Waals surface area (Å²) < 4.78 is 0. The number of nitrogens with one attached hydrogen (secondary N) is 8. The van der Waals surface area contributed by atoms with Gasteiger partial charge in [-0.2, -0.15) is 0 Å². The van der Waals surface area contributed by atoms with Gasteiger partial charge in [0.1, 0.15) is 59.8 Å². The number of carboxylic acids is 1. The quantitative estimate of drug-likeness (QED) is 0.0495. The number of nitrogens with zero attached hydrogens (tertiary/aromatic N) is 1. The largest absolute Gasteiger partial charge is 0.508 e. The third kappa shape index (κ3) is 18.9. The Kier molecular flexibility index (Phi) is 22.3. The van der Waals surface area contributed by atoms with Gasteiger partial charge in [0.15, 0.2) is 5.96 Å². The van der Waals surface area contributed by atoms with Crippen LogP contribution in [0.2, 0.25) is 0 Å². The number of phenolic OH excluding ortho intramolecular Hbond substituents is 2. The molecule has 0 spiro atoms. The van der Waals surface area contributed by atoms with Crippen molar-refractivity contribution in [2.24, 2.45) is 28.3 Å². The van der Waals surface area contributed by atoms with Crippen molar-refractivity contribution in [2.45, 2.75) is 128 Å². The van der Waals surface area contributed by atoms with Gasteiger partial charge in [0.25, 0.3) is 0 Å². The van der Waals surface area contributed by atoms with Crippen LogP contribution in [0.15, 0.2) is 53.5 Å². The van der Waals surface area contributed by atoms with E-state index in [1.54, 1.807) is 27.7 Å². The van der Waals surface area contributed by atoms with Crippen molar-refractivity contribution in [2.75, 3.05) is 13.2 Å². The van der Waals surface area contributed by atoms with E-state index in [-0.39, 0.29) is 62.0 Å². The summed E-state index contributed by atoms with van der Waals surface area (Å²) >= 11 is 0. The summed E-state index contributed by atoms with van der Waals surface area (Å²) in [6.45, 7) is 6.94. The van der Waals surface area contributed by atoms with Crippen molar-refractivity contribution < 1.29 is 63.6 Å². The molecule has 3 rings (SSSR count). The number of aliphatic hydroxyl groups excluding tert-OH is 1. The maximum Gasteiger partial charge on any atom is 0.303 e. The molecule has 384 valence electrons. The molecular formula is C46H67N11O13. The number of aliphatic hydroxyl groups is 1. The van der Waals surface area contributed by atoms with Gasteiger partial charge >= 0.3 is 5.97 Å². The highest BCUT2D eigenvalue weighted by Crippen LogP contribution is 2.15. The normalized spacial score (nSPS) is 23.8. The number of nitrogens with two attached hydrogens (primary N) is 2. The minimum absolute atomic E-state index is 0.00498. The summed E-state index contributed by atoms with van der Waals surface area (Å²) in [5.41, 5.74) is 11.8. The van der Waals surface area contributed by atoms with Crippen molar-refractivity contribution in [3.8, 4) is 11.5 Å². The van der Waals surface area contributed by atoms with Crippen LogP contribution in [-0.4, -0.2) is 141 Å². The van der Waals surface area contributed by atoms with Gasteiger partial charge in [0, 0.05) is 25.8 Å². The van der Waals surface area contributed by atoms with Crippen molar-refractivity contribution in [1.29, 1.82) is 0 Å². The van der Waals surface area contributed by atoms with Crippen LogP contribution in [0.5, 0.6) is 11.5 Å². The maximum atomic E-state index is 14.3. The van der Waals surface area contributed by atoms with Gasteiger partial charge in [-0.05, 0) is 79.8 Å². The molecular weight excluding hydrogens is 915 g/mol. The van der Waals surface area contributed by atoms with Crippen LogP contribution in [-0.2, 0) is 56.0 Å². The zero-order chi connectivity index (χ0) is 52.2. The fraction of sp³-hybridized carbons (Fsp3) is 0.522. The average Bonchev–Trinajstić information content (AvgIpc) is 3.29. The Balaban J connectivity index is 2.19. The number of benzene rings is 2. The molecule has 0 bridgehead atoms. The molecule has 1 aliphatic rings. The summed E-state index contributed by atoms with van der Waals surface area (Å²) in [6, 6.07) is -0.636. The lowest BCUT2D eigenvalue weighted by molar-refractivity contribution is -0.139. The lowest BCUT2D eigenvalue weighted by Crippen LogP contribution is -2.62. The molecule has 1 aliphatic heterocycles. The number of guanidine groups is 1. The van der Waals surface area contributed by atoms with E-state index in [2.05, 4.69) is 47.5 Å². The molecule has 1 fully saturated rings. The summed E-state index contributed by atoms with van der Waals surface area (Å²) in [5, 5.41) is 60.1. The summed E-state index contributed by atoms with van der Waals surface area (Å²) in [7, 11) is 0. The van der Waals surface area contributed by atoms with E-state index in [4.69, 9.17) is 11.5 Å². The number of aliphatic imine (C=N–C) groups is 1. The second-order valence-electron chi connectivity index (χ2n) is 17.8. The van der Waals surface area contributed by atoms with E-state index in [9.17, 15) is 63.6 Å². The van der Waals surface area contributed by atoms with E-state index < -0.39 is 127 Å². The summed E-state index contributed by atoms with van der Waals surface area (Å²) in [4.78, 5) is 128. The Labute approximate surface area is 404 Å². The predicted octanol–water partition coefficient (Wildman–Crippen LogP) is -2.59. The molecule has 8 atom stereocenters. The Morgan fingerprint density at radius 1 is 0.571 bits per heavy atom. The summed E-state index contributed by atoms with van der Waals surface area (Å²) in [5.74, 6) is -10.2. The highest BCUT2D eigenvalue weighted by Gasteiger charge is 2.36. The molecule has 1 heterocycles. The first-order chi connectivity index (χ1) is 33.0. The number of phenols is 2. The summed E-state index contributed by atoms with van der Waals surface area (Å²) in [6.07, 6.45) is -1.54. The number of carbonyl (C=O) groups excluding carboxylic acids is 8. The Morgan fingerprint density at radius 2 is 0.986 bits per heavy atom.